The molecule has 0 bridgehead atoms. The van der Waals surface area contributed by atoms with Crippen molar-refractivity contribution in [1.29, 1.82) is 0 Å². The van der Waals surface area contributed by atoms with E-state index in [4.69, 9.17) is 14.2 Å². The summed E-state index contributed by atoms with van der Waals surface area (Å²) in [5, 5.41) is 3.46. The molecule has 0 saturated carbocycles. The molecule has 0 atom stereocenters. The minimum absolute atomic E-state index is 0. The summed E-state index contributed by atoms with van der Waals surface area (Å²) in [4.78, 5) is 0. The summed E-state index contributed by atoms with van der Waals surface area (Å²) in [6.45, 7) is 4.33. The SMILES string of the molecule is CCOc1cc(CNCCc2ccc(OC)cc2)ccc1OC.Cl. The summed E-state index contributed by atoms with van der Waals surface area (Å²) >= 11 is 0. The van der Waals surface area contributed by atoms with E-state index in [2.05, 4.69) is 23.5 Å². The first kappa shape index (κ1) is 20.1. The fourth-order valence-corrected chi connectivity index (χ4v) is 2.36. The number of nitrogens with one attached hydrogen (secondary N) is 1. The Morgan fingerprint density at radius 3 is 2.21 bits per heavy atom. The lowest BCUT2D eigenvalue weighted by Gasteiger charge is -2.11. The van der Waals surface area contributed by atoms with Crippen molar-refractivity contribution in [3.8, 4) is 17.2 Å². The Morgan fingerprint density at radius 2 is 1.58 bits per heavy atom. The van der Waals surface area contributed by atoms with Crippen LogP contribution in [-0.4, -0.2) is 27.4 Å². The second-order valence-electron chi connectivity index (χ2n) is 5.19. The number of methoxy groups -OCH3 is 2. The Bertz CT molecular complexity index is 602. The minimum Gasteiger partial charge on any atom is -0.497 e. The van der Waals surface area contributed by atoms with Gasteiger partial charge in [-0.15, -0.1) is 12.4 Å². The number of ether oxygens (including phenoxy) is 3. The lowest BCUT2D eigenvalue weighted by Crippen LogP contribution is -2.16. The summed E-state index contributed by atoms with van der Waals surface area (Å²) in [6.07, 6.45) is 0.985. The van der Waals surface area contributed by atoms with Crippen LogP contribution in [0.4, 0.5) is 0 Å². The second kappa shape index (κ2) is 10.8. The Kier molecular flexibility index (Phi) is 9.05. The third-order valence-corrected chi connectivity index (χ3v) is 3.61. The highest BCUT2D eigenvalue weighted by Crippen LogP contribution is 2.27. The summed E-state index contributed by atoms with van der Waals surface area (Å²) in [6, 6.07) is 14.2. The maximum Gasteiger partial charge on any atom is 0.161 e. The number of hydrogen-bond donors (Lipinski definition) is 1. The molecule has 0 amide bonds. The van der Waals surface area contributed by atoms with Gasteiger partial charge in [0.05, 0.1) is 20.8 Å². The molecule has 0 aromatic heterocycles. The number of halogens is 1. The van der Waals surface area contributed by atoms with Crippen LogP contribution < -0.4 is 19.5 Å². The molecule has 5 heteroatoms. The number of hydrogen-bond acceptors (Lipinski definition) is 4. The van der Waals surface area contributed by atoms with Gasteiger partial charge in [0.15, 0.2) is 11.5 Å². The van der Waals surface area contributed by atoms with Crippen LogP contribution in [0.1, 0.15) is 18.1 Å². The highest BCUT2D eigenvalue weighted by Gasteiger charge is 2.05. The van der Waals surface area contributed by atoms with Crippen LogP contribution in [-0.2, 0) is 13.0 Å². The third kappa shape index (κ3) is 5.95. The van der Waals surface area contributed by atoms with Gasteiger partial charge < -0.3 is 19.5 Å². The van der Waals surface area contributed by atoms with E-state index in [1.54, 1.807) is 14.2 Å². The van der Waals surface area contributed by atoms with Gasteiger partial charge in [-0.05, 0) is 55.3 Å². The smallest absolute Gasteiger partial charge is 0.161 e. The van der Waals surface area contributed by atoms with Gasteiger partial charge in [0.2, 0.25) is 0 Å². The maximum atomic E-state index is 5.60. The van der Waals surface area contributed by atoms with E-state index in [0.29, 0.717) is 6.61 Å². The summed E-state index contributed by atoms with van der Waals surface area (Å²) in [5.41, 5.74) is 2.48. The van der Waals surface area contributed by atoms with Crippen molar-refractivity contribution in [2.45, 2.75) is 19.9 Å². The van der Waals surface area contributed by atoms with Crippen LogP contribution >= 0.6 is 12.4 Å². The van der Waals surface area contributed by atoms with Gasteiger partial charge in [0.25, 0.3) is 0 Å². The van der Waals surface area contributed by atoms with E-state index < -0.39 is 0 Å². The van der Waals surface area contributed by atoms with Crippen LogP contribution in [0, 0.1) is 0 Å². The quantitative estimate of drug-likeness (QED) is 0.696. The summed E-state index contributed by atoms with van der Waals surface area (Å²) in [7, 11) is 3.34. The fourth-order valence-electron chi connectivity index (χ4n) is 2.36. The van der Waals surface area contributed by atoms with E-state index in [1.165, 1.54) is 11.1 Å². The van der Waals surface area contributed by atoms with Crippen LogP contribution in [0.15, 0.2) is 42.5 Å². The molecule has 0 saturated heterocycles. The van der Waals surface area contributed by atoms with Gasteiger partial charge in [0, 0.05) is 6.54 Å². The van der Waals surface area contributed by atoms with Crippen molar-refractivity contribution < 1.29 is 14.2 Å². The van der Waals surface area contributed by atoms with Crippen molar-refractivity contribution in [2.75, 3.05) is 27.4 Å². The Morgan fingerprint density at radius 1 is 0.875 bits per heavy atom. The molecule has 132 valence electrons. The number of benzene rings is 2. The van der Waals surface area contributed by atoms with Crippen molar-refractivity contribution >= 4 is 12.4 Å². The van der Waals surface area contributed by atoms with Gasteiger partial charge >= 0.3 is 0 Å². The summed E-state index contributed by atoms with van der Waals surface area (Å²) in [5.74, 6) is 2.46. The largest absolute Gasteiger partial charge is 0.497 e. The normalized spacial score (nSPS) is 9.96. The van der Waals surface area contributed by atoms with Gasteiger partial charge in [0.1, 0.15) is 5.75 Å². The molecule has 2 rings (SSSR count). The Balaban J connectivity index is 0.00000288. The molecule has 1 N–H and O–H groups in total. The van der Waals surface area contributed by atoms with Crippen molar-refractivity contribution in [1.82, 2.24) is 5.32 Å². The first-order valence-corrected chi connectivity index (χ1v) is 7.90. The fraction of sp³-hybridized carbons (Fsp3) is 0.368. The molecule has 0 aliphatic heterocycles. The third-order valence-electron chi connectivity index (χ3n) is 3.61. The van der Waals surface area contributed by atoms with E-state index in [1.807, 2.05) is 31.2 Å². The molecule has 0 fully saturated rings. The van der Waals surface area contributed by atoms with Crippen molar-refractivity contribution in [3.63, 3.8) is 0 Å². The van der Waals surface area contributed by atoms with Crippen LogP contribution in [0.2, 0.25) is 0 Å². The van der Waals surface area contributed by atoms with Gasteiger partial charge in [-0.25, -0.2) is 0 Å². The molecule has 0 aliphatic rings. The molecule has 2 aromatic carbocycles. The number of rotatable bonds is 9. The predicted octanol–water partition coefficient (Wildman–Crippen LogP) is 3.86. The Hall–Kier alpha value is -1.91. The van der Waals surface area contributed by atoms with E-state index in [9.17, 15) is 0 Å². The molecule has 0 radical (unpaired) electrons. The van der Waals surface area contributed by atoms with Gasteiger partial charge in [-0.1, -0.05) is 18.2 Å². The van der Waals surface area contributed by atoms with E-state index >= 15 is 0 Å². The zero-order valence-electron chi connectivity index (χ0n) is 14.5. The molecule has 4 nitrogen and oxygen atoms in total. The average molecular weight is 352 g/mol. The van der Waals surface area contributed by atoms with Crippen molar-refractivity contribution in [2.24, 2.45) is 0 Å². The lowest BCUT2D eigenvalue weighted by atomic mass is 10.1. The van der Waals surface area contributed by atoms with Crippen LogP contribution in [0.25, 0.3) is 0 Å². The molecular weight excluding hydrogens is 326 g/mol. The minimum atomic E-state index is 0. The van der Waals surface area contributed by atoms with E-state index in [0.717, 1.165) is 36.8 Å². The monoisotopic (exact) mass is 351 g/mol. The predicted molar refractivity (Wildman–Crippen MR) is 99.8 cm³/mol. The second-order valence-corrected chi connectivity index (χ2v) is 5.19. The molecule has 0 aliphatic carbocycles. The average Bonchev–Trinajstić information content (AvgIpc) is 2.60. The van der Waals surface area contributed by atoms with Crippen LogP contribution in [0.5, 0.6) is 17.2 Å². The zero-order valence-corrected chi connectivity index (χ0v) is 15.3. The van der Waals surface area contributed by atoms with Gasteiger partial charge in [-0.2, -0.15) is 0 Å². The summed E-state index contributed by atoms with van der Waals surface area (Å²) < 4.78 is 16.1. The highest BCUT2D eigenvalue weighted by atomic mass is 35.5. The van der Waals surface area contributed by atoms with E-state index in [-0.39, 0.29) is 12.4 Å². The topological polar surface area (TPSA) is 39.7 Å². The maximum absolute atomic E-state index is 5.60. The van der Waals surface area contributed by atoms with Gasteiger partial charge in [-0.3, -0.25) is 0 Å². The van der Waals surface area contributed by atoms with Crippen molar-refractivity contribution in [3.05, 3.63) is 53.6 Å². The molecular formula is C19H26ClNO3. The molecule has 2 aromatic rings. The first-order valence-electron chi connectivity index (χ1n) is 7.90. The lowest BCUT2D eigenvalue weighted by molar-refractivity contribution is 0.310. The molecule has 0 heterocycles. The zero-order chi connectivity index (χ0) is 16.5. The van der Waals surface area contributed by atoms with Crippen LogP contribution in [0.3, 0.4) is 0 Å². The Labute approximate surface area is 150 Å². The molecule has 24 heavy (non-hydrogen) atoms. The highest BCUT2D eigenvalue weighted by molar-refractivity contribution is 5.85. The molecule has 0 unspecified atom stereocenters. The standard InChI is InChI=1S/C19H25NO3.ClH/c1-4-23-19-13-16(7-10-18(19)22-3)14-20-12-11-15-5-8-17(21-2)9-6-15;/h5-10,13,20H,4,11-12,14H2,1-3H3;1H. The first-order chi connectivity index (χ1) is 11.3. The molecule has 0 spiro atoms.